The fraction of sp³-hybridized carbons (Fsp3) is 0.364. The van der Waals surface area contributed by atoms with Gasteiger partial charge in [-0.2, -0.15) is 0 Å². The summed E-state index contributed by atoms with van der Waals surface area (Å²) in [6, 6.07) is 0. The van der Waals surface area contributed by atoms with Crippen molar-refractivity contribution in [2.24, 2.45) is 0 Å². The van der Waals surface area contributed by atoms with E-state index in [9.17, 15) is 4.79 Å². The summed E-state index contributed by atoms with van der Waals surface area (Å²) in [4.78, 5) is 11.3. The Bertz CT molecular complexity index is 358. The number of amides is 1. The highest BCUT2D eigenvalue weighted by Gasteiger charge is 2.18. The van der Waals surface area contributed by atoms with E-state index in [1.54, 1.807) is 6.08 Å². The summed E-state index contributed by atoms with van der Waals surface area (Å²) in [5.74, 6) is 0.0222. The lowest BCUT2D eigenvalue weighted by molar-refractivity contribution is -0.120. The molecular formula is C11H13BrClNO. The number of rotatable bonds is 3. The zero-order valence-electron chi connectivity index (χ0n) is 8.57. The molecular weight excluding hydrogens is 277 g/mol. The maximum absolute atomic E-state index is 11.3. The lowest BCUT2D eigenvalue weighted by Gasteiger charge is -2.20. The van der Waals surface area contributed by atoms with Gasteiger partial charge in [-0.25, -0.2) is 0 Å². The van der Waals surface area contributed by atoms with Crippen molar-refractivity contribution in [2.75, 3.05) is 0 Å². The van der Waals surface area contributed by atoms with Crippen LogP contribution in [0.1, 0.15) is 26.2 Å². The monoisotopic (exact) mass is 289 g/mol. The van der Waals surface area contributed by atoms with E-state index in [2.05, 4.69) is 34.7 Å². The van der Waals surface area contributed by atoms with Crippen LogP contribution in [-0.4, -0.2) is 5.91 Å². The largest absolute Gasteiger partial charge is 0.325 e. The molecule has 0 aliphatic carbocycles. The van der Waals surface area contributed by atoms with Crippen molar-refractivity contribution in [1.82, 2.24) is 5.32 Å². The van der Waals surface area contributed by atoms with E-state index >= 15 is 0 Å². The number of allylic oxidation sites excluding steroid dienone is 4. The van der Waals surface area contributed by atoms with Gasteiger partial charge in [-0.1, -0.05) is 41.0 Å². The Labute approximate surface area is 103 Å². The molecule has 82 valence electrons. The average Bonchev–Trinajstić information content (AvgIpc) is 2.16. The van der Waals surface area contributed by atoms with Gasteiger partial charge in [0.25, 0.3) is 0 Å². The minimum atomic E-state index is 0.0222. The molecule has 0 spiro atoms. The van der Waals surface area contributed by atoms with E-state index < -0.39 is 0 Å². The molecule has 0 aromatic heterocycles. The molecule has 2 nitrogen and oxygen atoms in total. The van der Waals surface area contributed by atoms with Gasteiger partial charge >= 0.3 is 0 Å². The molecule has 0 saturated carbocycles. The maximum atomic E-state index is 11.3. The predicted octanol–water partition coefficient (Wildman–Crippen LogP) is 3.59. The third-order valence-corrected chi connectivity index (χ3v) is 2.75. The van der Waals surface area contributed by atoms with Gasteiger partial charge in [0.05, 0.1) is 10.7 Å². The van der Waals surface area contributed by atoms with Crippen LogP contribution in [0.3, 0.4) is 0 Å². The first-order valence-corrected chi connectivity index (χ1v) is 5.95. The second kappa shape index (κ2) is 5.52. The van der Waals surface area contributed by atoms with Gasteiger partial charge in [0.2, 0.25) is 5.91 Å². The fourth-order valence-corrected chi connectivity index (χ4v) is 2.14. The minimum Gasteiger partial charge on any atom is -0.325 e. The second-order valence-electron chi connectivity index (χ2n) is 3.32. The van der Waals surface area contributed by atoms with Crippen LogP contribution in [-0.2, 0) is 4.79 Å². The van der Waals surface area contributed by atoms with Crippen LogP contribution in [0.5, 0.6) is 0 Å². The van der Waals surface area contributed by atoms with Crippen molar-refractivity contribution in [1.29, 1.82) is 0 Å². The summed E-state index contributed by atoms with van der Waals surface area (Å²) in [5.41, 5.74) is 1.93. The summed E-state index contributed by atoms with van der Waals surface area (Å²) >= 11 is 9.30. The summed E-state index contributed by atoms with van der Waals surface area (Å²) in [7, 11) is 0. The molecule has 1 amide bonds. The first-order valence-electron chi connectivity index (χ1n) is 4.78. The SMILES string of the molecule is C=C(Br)/C=C(/Cl)C1=C(CC)CCC(=O)N1. The third kappa shape index (κ3) is 3.50. The molecule has 1 aliphatic rings. The molecule has 1 N–H and O–H groups in total. The number of nitrogens with one attached hydrogen (secondary N) is 1. The van der Waals surface area contributed by atoms with E-state index in [1.165, 1.54) is 5.57 Å². The molecule has 0 saturated heterocycles. The molecule has 0 radical (unpaired) electrons. The van der Waals surface area contributed by atoms with Gasteiger partial charge in [0, 0.05) is 10.9 Å². The normalized spacial score (nSPS) is 17.8. The first kappa shape index (κ1) is 12.5. The molecule has 0 aromatic rings. The molecule has 15 heavy (non-hydrogen) atoms. The summed E-state index contributed by atoms with van der Waals surface area (Å²) < 4.78 is 0.690. The highest BCUT2D eigenvalue weighted by molar-refractivity contribution is 9.11. The van der Waals surface area contributed by atoms with Gasteiger partial charge in [0.15, 0.2) is 0 Å². The van der Waals surface area contributed by atoms with Crippen LogP contribution >= 0.6 is 27.5 Å². The Kier molecular flexibility index (Phi) is 4.61. The summed E-state index contributed by atoms with van der Waals surface area (Å²) in [6.45, 7) is 5.74. The van der Waals surface area contributed by atoms with Crippen LogP contribution in [0.25, 0.3) is 0 Å². The fourth-order valence-electron chi connectivity index (χ4n) is 1.47. The van der Waals surface area contributed by atoms with E-state index in [1.807, 2.05) is 0 Å². The number of hydrogen-bond acceptors (Lipinski definition) is 1. The maximum Gasteiger partial charge on any atom is 0.224 e. The highest BCUT2D eigenvalue weighted by atomic mass is 79.9. The lowest BCUT2D eigenvalue weighted by Crippen LogP contribution is -2.28. The Morgan fingerprint density at radius 1 is 1.67 bits per heavy atom. The Balaban J connectivity index is 3.02. The van der Waals surface area contributed by atoms with Crippen molar-refractivity contribution in [3.63, 3.8) is 0 Å². The number of halogens is 2. The smallest absolute Gasteiger partial charge is 0.224 e. The first-order chi connectivity index (χ1) is 7.04. The summed E-state index contributed by atoms with van der Waals surface area (Å²) in [6.07, 6.45) is 3.93. The van der Waals surface area contributed by atoms with Crippen molar-refractivity contribution >= 4 is 33.4 Å². The van der Waals surface area contributed by atoms with Crippen LogP contribution in [0.4, 0.5) is 0 Å². The average molecular weight is 291 g/mol. The minimum absolute atomic E-state index is 0.0222. The van der Waals surface area contributed by atoms with Crippen LogP contribution in [0.15, 0.2) is 33.4 Å². The van der Waals surface area contributed by atoms with Gasteiger partial charge in [-0.3, -0.25) is 4.79 Å². The van der Waals surface area contributed by atoms with Crippen molar-refractivity contribution in [3.05, 3.63) is 33.4 Å². The van der Waals surface area contributed by atoms with Gasteiger partial charge < -0.3 is 5.32 Å². The van der Waals surface area contributed by atoms with Crippen molar-refractivity contribution < 1.29 is 4.79 Å². The Morgan fingerprint density at radius 3 is 2.87 bits per heavy atom. The lowest BCUT2D eigenvalue weighted by atomic mass is 10.0. The Morgan fingerprint density at radius 2 is 2.33 bits per heavy atom. The molecule has 0 unspecified atom stereocenters. The van der Waals surface area contributed by atoms with E-state index in [-0.39, 0.29) is 5.91 Å². The molecule has 1 heterocycles. The Hall–Kier alpha value is -0.540. The number of carbonyl (C=O) groups is 1. The molecule has 4 heteroatoms. The van der Waals surface area contributed by atoms with Gasteiger partial charge in [-0.05, 0) is 24.5 Å². The van der Waals surface area contributed by atoms with E-state index in [0.717, 1.165) is 18.5 Å². The zero-order chi connectivity index (χ0) is 11.4. The van der Waals surface area contributed by atoms with Crippen LogP contribution in [0, 0.1) is 0 Å². The molecule has 0 atom stereocenters. The van der Waals surface area contributed by atoms with E-state index in [4.69, 9.17) is 11.6 Å². The predicted molar refractivity (Wildman–Crippen MR) is 66.7 cm³/mol. The zero-order valence-corrected chi connectivity index (χ0v) is 10.9. The quantitative estimate of drug-likeness (QED) is 0.791. The van der Waals surface area contributed by atoms with Crippen molar-refractivity contribution in [3.8, 4) is 0 Å². The van der Waals surface area contributed by atoms with Crippen LogP contribution in [0.2, 0.25) is 0 Å². The molecule has 1 aliphatic heterocycles. The standard InChI is InChI=1S/C11H13BrClNO/c1-3-8-4-5-10(15)14-11(8)9(13)6-7(2)12/h6H,2-5H2,1H3,(H,14,15)/b9-6+. The topological polar surface area (TPSA) is 29.1 Å². The second-order valence-corrected chi connectivity index (χ2v) is 4.75. The third-order valence-electron chi connectivity index (χ3n) is 2.22. The van der Waals surface area contributed by atoms with E-state index in [0.29, 0.717) is 15.9 Å². The molecule has 0 aromatic carbocycles. The van der Waals surface area contributed by atoms with Gasteiger partial charge in [-0.15, -0.1) is 0 Å². The van der Waals surface area contributed by atoms with Gasteiger partial charge in [0.1, 0.15) is 0 Å². The molecule has 0 bridgehead atoms. The van der Waals surface area contributed by atoms with Crippen molar-refractivity contribution in [2.45, 2.75) is 26.2 Å². The molecule has 1 rings (SSSR count). The van der Waals surface area contributed by atoms with Crippen LogP contribution < -0.4 is 5.32 Å². The highest BCUT2D eigenvalue weighted by Crippen LogP contribution is 2.27. The number of carbonyl (C=O) groups excluding carboxylic acids is 1. The number of hydrogen-bond donors (Lipinski definition) is 1. The summed E-state index contributed by atoms with van der Waals surface area (Å²) in [5, 5.41) is 3.33. The molecule has 0 fully saturated rings.